The van der Waals surface area contributed by atoms with Crippen molar-refractivity contribution in [1.82, 2.24) is 4.98 Å². The third-order valence-electron chi connectivity index (χ3n) is 2.61. The van der Waals surface area contributed by atoms with Crippen LogP contribution in [0.2, 0.25) is 0 Å². The van der Waals surface area contributed by atoms with E-state index in [4.69, 9.17) is 5.11 Å². The number of pyridine rings is 1. The highest BCUT2D eigenvalue weighted by molar-refractivity contribution is 5.94. The molecule has 0 aliphatic carbocycles. The molecule has 0 saturated carbocycles. The van der Waals surface area contributed by atoms with Gasteiger partial charge in [-0.15, -0.1) is 0 Å². The van der Waals surface area contributed by atoms with Gasteiger partial charge in [0.2, 0.25) is 0 Å². The number of rotatable bonds is 3. The third kappa shape index (κ3) is 2.56. The van der Waals surface area contributed by atoms with Gasteiger partial charge in [0.1, 0.15) is 28.7 Å². The van der Waals surface area contributed by atoms with E-state index in [1.807, 2.05) is 0 Å². The van der Waals surface area contributed by atoms with Crippen molar-refractivity contribution >= 4 is 17.5 Å². The molecule has 0 atom stereocenters. The van der Waals surface area contributed by atoms with E-state index in [2.05, 4.69) is 10.3 Å². The Kier molecular flexibility index (Phi) is 3.60. The van der Waals surface area contributed by atoms with Crippen LogP contribution in [0.1, 0.15) is 15.9 Å². The van der Waals surface area contributed by atoms with Gasteiger partial charge in [-0.3, -0.25) is 0 Å². The second kappa shape index (κ2) is 5.20. The molecule has 2 N–H and O–H groups in total. The maximum absolute atomic E-state index is 13.8. The van der Waals surface area contributed by atoms with Crippen LogP contribution in [0.4, 0.5) is 24.7 Å². The zero-order chi connectivity index (χ0) is 14.9. The van der Waals surface area contributed by atoms with Crippen molar-refractivity contribution in [2.75, 3.05) is 5.32 Å². The summed E-state index contributed by atoms with van der Waals surface area (Å²) in [6.07, 6.45) is 0.750. The normalized spacial score (nSPS) is 10.4. The number of nitrogens with one attached hydrogen (secondary N) is 1. The lowest BCUT2D eigenvalue weighted by Gasteiger charge is -2.11. The first kappa shape index (κ1) is 13.9. The molecule has 1 aromatic heterocycles. The predicted octanol–water partition coefficient (Wildman–Crippen LogP) is 3.25. The van der Waals surface area contributed by atoms with Gasteiger partial charge < -0.3 is 10.4 Å². The third-order valence-corrected chi connectivity index (χ3v) is 2.61. The lowest BCUT2D eigenvalue weighted by atomic mass is 10.2. The van der Waals surface area contributed by atoms with Crippen molar-refractivity contribution in [3.05, 3.63) is 53.0 Å². The first-order valence-corrected chi connectivity index (χ1v) is 5.50. The van der Waals surface area contributed by atoms with Gasteiger partial charge in [-0.05, 0) is 24.6 Å². The Balaban J connectivity index is 2.51. The topological polar surface area (TPSA) is 62.2 Å². The molecule has 1 aromatic carbocycles. The number of aryl methyl sites for hydroxylation is 1. The highest BCUT2D eigenvalue weighted by Crippen LogP contribution is 2.26. The van der Waals surface area contributed by atoms with Crippen molar-refractivity contribution in [2.45, 2.75) is 6.92 Å². The van der Waals surface area contributed by atoms with Gasteiger partial charge >= 0.3 is 5.97 Å². The minimum Gasteiger partial charge on any atom is -0.478 e. The Morgan fingerprint density at radius 3 is 2.65 bits per heavy atom. The van der Waals surface area contributed by atoms with Crippen LogP contribution in [0.25, 0.3) is 0 Å². The monoisotopic (exact) mass is 282 g/mol. The van der Waals surface area contributed by atoms with Crippen LogP contribution < -0.4 is 5.32 Å². The molecule has 0 fully saturated rings. The van der Waals surface area contributed by atoms with Crippen molar-refractivity contribution < 1.29 is 23.1 Å². The van der Waals surface area contributed by atoms with E-state index >= 15 is 0 Å². The summed E-state index contributed by atoms with van der Waals surface area (Å²) in [5, 5.41) is 11.2. The maximum Gasteiger partial charge on any atom is 0.339 e. The van der Waals surface area contributed by atoms with Gasteiger partial charge in [0.05, 0.1) is 6.20 Å². The number of carboxylic acids is 1. The van der Waals surface area contributed by atoms with Gasteiger partial charge in [-0.25, -0.2) is 22.9 Å². The number of aromatic nitrogens is 1. The predicted molar refractivity (Wildman–Crippen MR) is 65.5 cm³/mol. The van der Waals surface area contributed by atoms with Crippen LogP contribution in [0.15, 0.2) is 24.4 Å². The fourth-order valence-corrected chi connectivity index (χ4v) is 1.59. The van der Waals surface area contributed by atoms with Crippen molar-refractivity contribution in [2.24, 2.45) is 0 Å². The van der Waals surface area contributed by atoms with Crippen molar-refractivity contribution in [3.8, 4) is 0 Å². The minimum atomic E-state index is -1.46. The Bertz CT molecular complexity index is 690. The number of aromatic carboxylic acids is 1. The molecule has 0 spiro atoms. The number of hydrogen-bond acceptors (Lipinski definition) is 3. The maximum atomic E-state index is 13.8. The first-order valence-electron chi connectivity index (χ1n) is 5.50. The van der Waals surface area contributed by atoms with Crippen LogP contribution in [-0.4, -0.2) is 16.1 Å². The molecule has 2 aromatic rings. The second-order valence-corrected chi connectivity index (χ2v) is 4.03. The molecule has 4 nitrogen and oxygen atoms in total. The number of hydrogen-bond donors (Lipinski definition) is 2. The summed E-state index contributed by atoms with van der Waals surface area (Å²) in [5.74, 6) is -4.45. The molecule has 0 unspecified atom stereocenters. The van der Waals surface area contributed by atoms with E-state index < -0.39 is 34.7 Å². The average molecular weight is 282 g/mol. The van der Waals surface area contributed by atoms with Gasteiger partial charge in [0.25, 0.3) is 0 Å². The van der Waals surface area contributed by atoms with E-state index in [-0.39, 0.29) is 11.4 Å². The molecule has 7 heteroatoms. The number of halogens is 3. The van der Waals surface area contributed by atoms with Crippen molar-refractivity contribution in [1.29, 1.82) is 0 Å². The summed E-state index contributed by atoms with van der Waals surface area (Å²) in [7, 11) is 0. The van der Waals surface area contributed by atoms with Gasteiger partial charge in [0, 0.05) is 0 Å². The molecular formula is C13H9F3N2O2. The largest absolute Gasteiger partial charge is 0.478 e. The Hall–Kier alpha value is -2.57. The molecular weight excluding hydrogens is 273 g/mol. The smallest absolute Gasteiger partial charge is 0.339 e. The highest BCUT2D eigenvalue weighted by atomic mass is 19.1. The lowest BCUT2D eigenvalue weighted by Crippen LogP contribution is -2.08. The minimum absolute atomic E-state index is 0.174. The summed E-state index contributed by atoms with van der Waals surface area (Å²) in [6.45, 7) is 1.43. The fraction of sp³-hybridized carbons (Fsp3) is 0.0769. The van der Waals surface area contributed by atoms with Crippen LogP contribution in [-0.2, 0) is 0 Å². The van der Waals surface area contributed by atoms with Gasteiger partial charge in [0.15, 0.2) is 5.82 Å². The molecule has 0 radical (unpaired) electrons. The van der Waals surface area contributed by atoms with E-state index in [0.29, 0.717) is 6.07 Å². The average Bonchev–Trinajstić information content (AvgIpc) is 2.40. The molecule has 0 saturated heterocycles. The number of carboxylic acid groups (broad SMARTS) is 1. The molecule has 104 valence electrons. The summed E-state index contributed by atoms with van der Waals surface area (Å²) >= 11 is 0. The molecule has 0 bridgehead atoms. The van der Waals surface area contributed by atoms with Gasteiger partial charge in [-0.1, -0.05) is 6.07 Å². The zero-order valence-corrected chi connectivity index (χ0v) is 10.2. The number of carbonyl (C=O) groups is 1. The summed E-state index contributed by atoms with van der Waals surface area (Å²) in [6, 6.07) is 2.99. The van der Waals surface area contributed by atoms with E-state index in [1.165, 1.54) is 13.0 Å². The van der Waals surface area contributed by atoms with E-state index in [9.17, 15) is 18.0 Å². The molecule has 0 amide bonds. The summed E-state index contributed by atoms with van der Waals surface area (Å²) in [5.41, 5.74) is -0.884. The standard InChI is InChI=1S/C13H9F3N2O2/c1-6-2-3-9(15)11(10(6)16)18-12-8(13(19)20)4-7(14)5-17-12/h2-5H,1H3,(H,17,18)(H,19,20). The fourth-order valence-electron chi connectivity index (χ4n) is 1.59. The SMILES string of the molecule is Cc1ccc(F)c(Nc2ncc(F)cc2C(=O)O)c1F. The first-order chi connectivity index (χ1) is 9.40. The van der Waals surface area contributed by atoms with E-state index in [0.717, 1.165) is 12.3 Å². The molecule has 1 heterocycles. The highest BCUT2D eigenvalue weighted by Gasteiger charge is 2.17. The summed E-state index contributed by atoms with van der Waals surface area (Å²) in [4.78, 5) is 14.5. The van der Waals surface area contributed by atoms with E-state index in [1.54, 1.807) is 0 Å². The second-order valence-electron chi connectivity index (χ2n) is 4.03. The number of anilines is 2. The van der Waals surface area contributed by atoms with Crippen LogP contribution in [0.5, 0.6) is 0 Å². The van der Waals surface area contributed by atoms with Crippen molar-refractivity contribution in [3.63, 3.8) is 0 Å². The Morgan fingerprint density at radius 1 is 1.30 bits per heavy atom. The number of nitrogens with zero attached hydrogens (tertiary/aromatic N) is 1. The van der Waals surface area contributed by atoms with Crippen LogP contribution >= 0.6 is 0 Å². The quantitative estimate of drug-likeness (QED) is 0.907. The Labute approximate surface area is 111 Å². The molecule has 0 aliphatic heterocycles. The molecule has 20 heavy (non-hydrogen) atoms. The molecule has 0 aliphatic rings. The van der Waals surface area contributed by atoms with Crippen LogP contribution in [0.3, 0.4) is 0 Å². The van der Waals surface area contributed by atoms with Crippen LogP contribution in [0, 0.1) is 24.4 Å². The zero-order valence-electron chi connectivity index (χ0n) is 10.2. The lowest BCUT2D eigenvalue weighted by molar-refractivity contribution is 0.0697. The van der Waals surface area contributed by atoms with Gasteiger partial charge in [-0.2, -0.15) is 0 Å². The summed E-state index contributed by atoms with van der Waals surface area (Å²) < 4.78 is 40.4. The Morgan fingerprint density at radius 2 is 2.00 bits per heavy atom. The number of benzene rings is 1. The molecule has 2 rings (SSSR count).